The summed E-state index contributed by atoms with van der Waals surface area (Å²) in [5, 5.41) is 12.1. The Morgan fingerprint density at radius 3 is 2.84 bits per heavy atom. The van der Waals surface area contributed by atoms with Crippen LogP contribution in [0, 0.1) is 0 Å². The lowest BCUT2D eigenvalue weighted by Crippen LogP contribution is -2.15. The minimum absolute atomic E-state index is 0.265. The maximum atomic E-state index is 8.73. The molecule has 0 bridgehead atoms. The van der Waals surface area contributed by atoms with E-state index in [2.05, 4.69) is 34.2 Å². The molecule has 0 aliphatic carbocycles. The number of unbranched alkanes of at least 4 members (excludes halogenated alkanes) is 2. The van der Waals surface area contributed by atoms with Gasteiger partial charge in [-0.05, 0) is 54.2 Å². The molecule has 0 heterocycles. The summed E-state index contributed by atoms with van der Waals surface area (Å²) in [4.78, 5) is 0. The molecule has 0 unspecified atom stereocenters. The summed E-state index contributed by atoms with van der Waals surface area (Å²) in [6.07, 6.45) is 3.96. The summed E-state index contributed by atoms with van der Waals surface area (Å²) in [5.74, 6) is 0.940. The Bertz CT molecular complexity index is 358. The molecule has 1 aromatic carbocycles. The molecular formula is C15H24BrNO2. The molecule has 0 saturated carbocycles. The molecule has 1 aromatic rings. The van der Waals surface area contributed by atoms with Gasteiger partial charge >= 0.3 is 0 Å². The lowest BCUT2D eigenvalue weighted by Gasteiger charge is -2.13. The van der Waals surface area contributed by atoms with Crippen LogP contribution in [0.2, 0.25) is 0 Å². The fourth-order valence-corrected chi connectivity index (χ4v) is 2.34. The molecule has 0 spiro atoms. The van der Waals surface area contributed by atoms with Gasteiger partial charge in [-0.3, -0.25) is 0 Å². The zero-order chi connectivity index (χ0) is 13.9. The minimum atomic E-state index is 0.265. The third-order valence-corrected chi connectivity index (χ3v) is 3.46. The molecule has 2 N–H and O–H groups in total. The van der Waals surface area contributed by atoms with Gasteiger partial charge in [0.25, 0.3) is 0 Å². The van der Waals surface area contributed by atoms with Gasteiger partial charge in [-0.1, -0.05) is 19.1 Å². The minimum Gasteiger partial charge on any atom is -0.492 e. The normalized spacial score (nSPS) is 10.7. The lowest BCUT2D eigenvalue weighted by molar-refractivity contribution is 0.264. The van der Waals surface area contributed by atoms with Crippen LogP contribution in [0.15, 0.2) is 22.7 Å². The number of halogens is 1. The zero-order valence-electron chi connectivity index (χ0n) is 11.6. The second-order valence-electron chi connectivity index (χ2n) is 4.54. The van der Waals surface area contributed by atoms with Crippen molar-refractivity contribution in [2.24, 2.45) is 0 Å². The zero-order valence-corrected chi connectivity index (χ0v) is 13.2. The first-order valence-electron chi connectivity index (χ1n) is 7.01. The van der Waals surface area contributed by atoms with Crippen molar-refractivity contribution in [3.63, 3.8) is 0 Å². The SMILES string of the molecule is CCCNCc1cccc(Br)c1OCCCCCO. The summed E-state index contributed by atoms with van der Waals surface area (Å²) < 4.78 is 6.88. The Morgan fingerprint density at radius 2 is 2.11 bits per heavy atom. The summed E-state index contributed by atoms with van der Waals surface area (Å²) in [6.45, 7) is 4.97. The molecule has 1 rings (SSSR count). The molecule has 4 heteroatoms. The number of hydrogen-bond donors (Lipinski definition) is 2. The number of hydrogen-bond acceptors (Lipinski definition) is 3. The second-order valence-corrected chi connectivity index (χ2v) is 5.39. The largest absolute Gasteiger partial charge is 0.492 e. The monoisotopic (exact) mass is 329 g/mol. The summed E-state index contributed by atoms with van der Waals surface area (Å²) in [5.41, 5.74) is 1.19. The van der Waals surface area contributed by atoms with E-state index in [0.29, 0.717) is 6.61 Å². The van der Waals surface area contributed by atoms with Gasteiger partial charge in [0.2, 0.25) is 0 Å². The van der Waals surface area contributed by atoms with Gasteiger partial charge in [-0.25, -0.2) is 0 Å². The van der Waals surface area contributed by atoms with Crippen LogP contribution in [0.3, 0.4) is 0 Å². The van der Waals surface area contributed by atoms with Crippen LogP contribution in [0.25, 0.3) is 0 Å². The van der Waals surface area contributed by atoms with E-state index in [-0.39, 0.29) is 6.61 Å². The van der Waals surface area contributed by atoms with Crippen LogP contribution in [0.4, 0.5) is 0 Å². The Labute approximate surface area is 124 Å². The van der Waals surface area contributed by atoms with Crippen molar-refractivity contribution < 1.29 is 9.84 Å². The lowest BCUT2D eigenvalue weighted by atomic mass is 10.2. The molecule has 0 atom stereocenters. The third kappa shape index (κ3) is 6.41. The highest BCUT2D eigenvalue weighted by molar-refractivity contribution is 9.10. The van der Waals surface area contributed by atoms with E-state index < -0.39 is 0 Å². The summed E-state index contributed by atoms with van der Waals surface area (Å²) >= 11 is 3.55. The Kier molecular flexibility index (Phi) is 8.88. The molecule has 0 aromatic heterocycles. The average molecular weight is 330 g/mol. The topological polar surface area (TPSA) is 41.5 Å². The van der Waals surface area contributed by atoms with Crippen molar-refractivity contribution in [3.05, 3.63) is 28.2 Å². The number of aliphatic hydroxyl groups is 1. The Morgan fingerprint density at radius 1 is 1.26 bits per heavy atom. The van der Waals surface area contributed by atoms with Crippen molar-refractivity contribution in [3.8, 4) is 5.75 Å². The molecular weight excluding hydrogens is 306 g/mol. The maximum Gasteiger partial charge on any atom is 0.137 e. The number of benzene rings is 1. The second kappa shape index (κ2) is 10.2. The van der Waals surface area contributed by atoms with Crippen LogP contribution >= 0.6 is 15.9 Å². The predicted octanol–water partition coefficient (Wildman–Crippen LogP) is 3.49. The van der Waals surface area contributed by atoms with Gasteiger partial charge < -0.3 is 15.2 Å². The van der Waals surface area contributed by atoms with E-state index >= 15 is 0 Å². The van der Waals surface area contributed by atoms with Crippen LogP contribution in [-0.4, -0.2) is 24.9 Å². The fraction of sp³-hybridized carbons (Fsp3) is 0.600. The number of rotatable bonds is 10. The van der Waals surface area contributed by atoms with Crippen molar-refractivity contribution >= 4 is 15.9 Å². The van der Waals surface area contributed by atoms with Gasteiger partial charge in [-0.15, -0.1) is 0 Å². The standard InChI is InChI=1S/C15H24BrNO2/c1-2-9-17-12-13-7-6-8-14(16)15(13)19-11-5-3-4-10-18/h6-8,17-18H,2-5,9-12H2,1H3. The van der Waals surface area contributed by atoms with Gasteiger partial charge in [0, 0.05) is 18.7 Å². The van der Waals surface area contributed by atoms with E-state index in [1.807, 2.05) is 12.1 Å². The van der Waals surface area contributed by atoms with E-state index in [9.17, 15) is 0 Å². The van der Waals surface area contributed by atoms with E-state index in [1.165, 1.54) is 5.56 Å². The predicted molar refractivity (Wildman–Crippen MR) is 82.6 cm³/mol. The van der Waals surface area contributed by atoms with Crippen LogP contribution in [0.5, 0.6) is 5.75 Å². The quantitative estimate of drug-likeness (QED) is 0.645. The molecule has 108 valence electrons. The molecule has 0 radical (unpaired) electrons. The Balaban J connectivity index is 2.49. The maximum absolute atomic E-state index is 8.73. The highest BCUT2D eigenvalue weighted by Crippen LogP contribution is 2.29. The van der Waals surface area contributed by atoms with E-state index in [1.54, 1.807) is 0 Å². The summed E-state index contributed by atoms with van der Waals surface area (Å²) in [7, 11) is 0. The van der Waals surface area contributed by atoms with Crippen LogP contribution < -0.4 is 10.1 Å². The molecule has 0 saturated heterocycles. The highest BCUT2D eigenvalue weighted by Gasteiger charge is 2.07. The summed E-state index contributed by atoms with van der Waals surface area (Å²) in [6, 6.07) is 6.13. The van der Waals surface area contributed by atoms with E-state index in [0.717, 1.165) is 49.0 Å². The van der Waals surface area contributed by atoms with Gasteiger partial charge in [0.15, 0.2) is 0 Å². The van der Waals surface area contributed by atoms with Gasteiger partial charge in [-0.2, -0.15) is 0 Å². The van der Waals surface area contributed by atoms with Gasteiger partial charge in [0.05, 0.1) is 11.1 Å². The van der Waals surface area contributed by atoms with Gasteiger partial charge in [0.1, 0.15) is 5.75 Å². The van der Waals surface area contributed by atoms with Crippen molar-refractivity contribution in [2.45, 2.75) is 39.2 Å². The first-order chi connectivity index (χ1) is 9.29. The number of nitrogens with one attached hydrogen (secondary N) is 1. The van der Waals surface area contributed by atoms with Crippen molar-refractivity contribution in [2.75, 3.05) is 19.8 Å². The average Bonchev–Trinajstić information content (AvgIpc) is 2.41. The first kappa shape index (κ1) is 16.5. The highest BCUT2D eigenvalue weighted by atomic mass is 79.9. The molecule has 3 nitrogen and oxygen atoms in total. The van der Waals surface area contributed by atoms with Crippen LogP contribution in [-0.2, 0) is 6.54 Å². The number of ether oxygens (including phenoxy) is 1. The first-order valence-corrected chi connectivity index (χ1v) is 7.80. The molecule has 0 fully saturated rings. The number of para-hydroxylation sites is 1. The Hall–Kier alpha value is -0.580. The molecule has 0 aliphatic rings. The molecule has 19 heavy (non-hydrogen) atoms. The van der Waals surface area contributed by atoms with Crippen LogP contribution in [0.1, 0.15) is 38.2 Å². The third-order valence-electron chi connectivity index (χ3n) is 2.84. The van der Waals surface area contributed by atoms with Crippen molar-refractivity contribution in [1.82, 2.24) is 5.32 Å². The molecule has 0 amide bonds. The number of aliphatic hydroxyl groups excluding tert-OH is 1. The fourth-order valence-electron chi connectivity index (χ4n) is 1.82. The molecule has 0 aliphatic heterocycles. The smallest absolute Gasteiger partial charge is 0.137 e. The van der Waals surface area contributed by atoms with Crippen molar-refractivity contribution in [1.29, 1.82) is 0 Å². The van der Waals surface area contributed by atoms with E-state index in [4.69, 9.17) is 9.84 Å².